The van der Waals surface area contributed by atoms with Crippen LogP contribution >= 0.6 is 0 Å². The van der Waals surface area contributed by atoms with E-state index in [1.165, 1.54) is 10.9 Å². The lowest BCUT2D eigenvalue weighted by Gasteiger charge is -2.12. The molecule has 20 heavy (non-hydrogen) atoms. The number of nitrogen functional groups attached to an aromatic ring is 1. The fourth-order valence-electron chi connectivity index (χ4n) is 1.51. The number of rotatable bonds is 7. The molecule has 8 heteroatoms. The molecule has 0 aliphatic rings. The number of aromatic nitrogens is 2. The monoisotopic (exact) mass is 284 g/mol. The van der Waals surface area contributed by atoms with E-state index in [4.69, 9.17) is 15.2 Å². The number of carbonyl (C=O) groups is 2. The van der Waals surface area contributed by atoms with E-state index in [0.717, 1.165) is 0 Å². The minimum absolute atomic E-state index is 0.0170. The minimum Gasteiger partial charge on any atom is -0.461 e. The Balaban J connectivity index is 2.74. The highest BCUT2D eigenvalue weighted by atomic mass is 16.5. The lowest BCUT2D eigenvalue weighted by atomic mass is 10.3. The van der Waals surface area contributed by atoms with Crippen LogP contribution in [0, 0.1) is 0 Å². The SMILES string of the molecule is CCOC(=O)c1nn(C(C)C(=O)NCCOC)cc1N. The molecular formula is C12H20N4O4. The number of nitrogens with one attached hydrogen (secondary N) is 1. The van der Waals surface area contributed by atoms with Crippen molar-refractivity contribution in [3.05, 3.63) is 11.9 Å². The molecule has 0 aliphatic heterocycles. The average Bonchev–Trinajstić information content (AvgIpc) is 2.80. The van der Waals surface area contributed by atoms with Gasteiger partial charge in [0, 0.05) is 19.9 Å². The standard InChI is InChI=1S/C12H20N4O4/c1-4-20-12(18)10-9(13)7-16(15-10)8(2)11(17)14-5-6-19-3/h7-8H,4-6,13H2,1-3H3,(H,14,17). The predicted octanol–water partition coefficient (Wildman–Crippen LogP) is -0.0344. The van der Waals surface area contributed by atoms with Crippen LogP contribution in [0.1, 0.15) is 30.4 Å². The highest BCUT2D eigenvalue weighted by Crippen LogP contribution is 2.14. The summed E-state index contributed by atoms with van der Waals surface area (Å²) in [4.78, 5) is 23.4. The molecule has 0 aromatic carbocycles. The van der Waals surface area contributed by atoms with Gasteiger partial charge in [-0.1, -0.05) is 0 Å². The molecule has 0 saturated heterocycles. The van der Waals surface area contributed by atoms with Gasteiger partial charge in [0.2, 0.25) is 5.91 Å². The third-order valence-electron chi connectivity index (χ3n) is 2.61. The summed E-state index contributed by atoms with van der Waals surface area (Å²) in [5.41, 5.74) is 5.89. The van der Waals surface area contributed by atoms with Crippen LogP contribution in [0.2, 0.25) is 0 Å². The van der Waals surface area contributed by atoms with E-state index in [0.29, 0.717) is 13.2 Å². The van der Waals surface area contributed by atoms with Crippen molar-refractivity contribution in [2.24, 2.45) is 0 Å². The molecule has 3 N–H and O–H groups in total. The number of nitrogens with zero attached hydrogens (tertiary/aromatic N) is 2. The van der Waals surface area contributed by atoms with Gasteiger partial charge in [-0.05, 0) is 13.8 Å². The number of hydrogen-bond donors (Lipinski definition) is 2. The van der Waals surface area contributed by atoms with Gasteiger partial charge in [0.05, 0.1) is 18.9 Å². The smallest absolute Gasteiger partial charge is 0.361 e. The van der Waals surface area contributed by atoms with Crippen LogP contribution in [0.4, 0.5) is 5.69 Å². The number of carbonyl (C=O) groups excluding carboxylic acids is 2. The normalized spacial score (nSPS) is 11.9. The number of methoxy groups -OCH3 is 1. The second-order valence-corrected chi connectivity index (χ2v) is 4.09. The van der Waals surface area contributed by atoms with Gasteiger partial charge >= 0.3 is 5.97 Å². The van der Waals surface area contributed by atoms with Crippen molar-refractivity contribution in [3.8, 4) is 0 Å². The number of anilines is 1. The van der Waals surface area contributed by atoms with Crippen LogP contribution in [0.3, 0.4) is 0 Å². The minimum atomic E-state index is -0.601. The fraction of sp³-hybridized carbons (Fsp3) is 0.583. The fourth-order valence-corrected chi connectivity index (χ4v) is 1.51. The molecule has 1 rings (SSSR count). The molecule has 1 heterocycles. The third kappa shape index (κ3) is 3.95. The zero-order valence-electron chi connectivity index (χ0n) is 11.9. The highest BCUT2D eigenvalue weighted by molar-refractivity contribution is 5.92. The summed E-state index contributed by atoms with van der Waals surface area (Å²) >= 11 is 0. The molecule has 0 radical (unpaired) electrons. The van der Waals surface area contributed by atoms with Gasteiger partial charge in [-0.2, -0.15) is 5.10 Å². The summed E-state index contributed by atoms with van der Waals surface area (Å²) in [6, 6.07) is -0.586. The first-order valence-corrected chi connectivity index (χ1v) is 6.29. The summed E-state index contributed by atoms with van der Waals surface area (Å²) in [6.07, 6.45) is 1.44. The van der Waals surface area contributed by atoms with E-state index in [2.05, 4.69) is 10.4 Å². The lowest BCUT2D eigenvalue weighted by molar-refractivity contribution is -0.124. The number of hydrogen-bond acceptors (Lipinski definition) is 6. The van der Waals surface area contributed by atoms with Crippen molar-refractivity contribution < 1.29 is 19.1 Å². The quantitative estimate of drug-likeness (QED) is 0.537. The molecule has 1 atom stereocenters. The Morgan fingerprint density at radius 2 is 2.25 bits per heavy atom. The predicted molar refractivity (Wildman–Crippen MR) is 72.2 cm³/mol. The Morgan fingerprint density at radius 1 is 1.55 bits per heavy atom. The summed E-state index contributed by atoms with van der Waals surface area (Å²) < 4.78 is 11.0. The van der Waals surface area contributed by atoms with E-state index in [-0.39, 0.29) is 23.9 Å². The van der Waals surface area contributed by atoms with Crippen LogP contribution in [-0.2, 0) is 14.3 Å². The molecule has 1 amide bonds. The highest BCUT2D eigenvalue weighted by Gasteiger charge is 2.21. The van der Waals surface area contributed by atoms with Crippen LogP contribution < -0.4 is 11.1 Å². The van der Waals surface area contributed by atoms with Gasteiger partial charge in [-0.25, -0.2) is 4.79 Å². The second-order valence-electron chi connectivity index (χ2n) is 4.09. The van der Waals surface area contributed by atoms with E-state index in [1.54, 1.807) is 21.0 Å². The Kier molecular flexibility index (Phi) is 5.98. The zero-order valence-corrected chi connectivity index (χ0v) is 11.9. The number of esters is 1. The van der Waals surface area contributed by atoms with Crippen molar-refractivity contribution in [2.45, 2.75) is 19.9 Å². The maximum atomic E-state index is 11.8. The molecule has 1 unspecified atom stereocenters. The van der Waals surface area contributed by atoms with Gasteiger partial charge in [0.15, 0.2) is 5.69 Å². The maximum Gasteiger partial charge on any atom is 0.361 e. The summed E-state index contributed by atoms with van der Waals surface area (Å²) in [7, 11) is 1.55. The van der Waals surface area contributed by atoms with E-state index < -0.39 is 12.0 Å². The Labute approximate surface area is 117 Å². The van der Waals surface area contributed by atoms with Crippen molar-refractivity contribution in [1.29, 1.82) is 0 Å². The van der Waals surface area contributed by atoms with Crippen LogP contribution in [0.5, 0.6) is 0 Å². The largest absolute Gasteiger partial charge is 0.461 e. The topological polar surface area (TPSA) is 108 Å². The Hall–Kier alpha value is -2.09. The van der Waals surface area contributed by atoms with Crippen molar-refractivity contribution >= 4 is 17.6 Å². The van der Waals surface area contributed by atoms with Gasteiger partial charge < -0.3 is 20.5 Å². The zero-order chi connectivity index (χ0) is 15.1. The van der Waals surface area contributed by atoms with Gasteiger partial charge in [0.25, 0.3) is 0 Å². The first kappa shape index (κ1) is 16.0. The Bertz CT molecular complexity index is 472. The molecule has 0 aliphatic carbocycles. The molecular weight excluding hydrogens is 264 g/mol. The van der Waals surface area contributed by atoms with Crippen molar-refractivity contribution in [2.75, 3.05) is 32.6 Å². The first-order chi connectivity index (χ1) is 9.51. The molecule has 0 fully saturated rings. The Morgan fingerprint density at radius 3 is 2.85 bits per heavy atom. The second kappa shape index (κ2) is 7.49. The molecule has 0 bridgehead atoms. The molecule has 1 aromatic heterocycles. The summed E-state index contributed by atoms with van der Waals surface area (Å²) in [5.74, 6) is -0.837. The average molecular weight is 284 g/mol. The van der Waals surface area contributed by atoms with Gasteiger partial charge in [-0.15, -0.1) is 0 Å². The number of nitrogens with two attached hydrogens (primary N) is 1. The van der Waals surface area contributed by atoms with Crippen molar-refractivity contribution in [1.82, 2.24) is 15.1 Å². The molecule has 1 aromatic rings. The van der Waals surface area contributed by atoms with Gasteiger partial charge in [0.1, 0.15) is 6.04 Å². The van der Waals surface area contributed by atoms with Gasteiger partial charge in [-0.3, -0.25) is 9.48 Å². The molecule has 0 saturated carbocycles. The molecule has 0 spiro atoms. The van der Waals surface area contributed by atoms with Crippen molar-refractivity contribution in [3.63, 3.8) is 0 Å². The lowest BCUT2D eigenvalue weighted by Crippen LogP contribution is -2.33. The van der Waals surface area contributed by atoms with Crippen LogP contribution in [0.25, 0.3) is 0 Å². The summed E-state index contributed by atoms with van der Waals surface area (Å²) in [5, 5.41) is 6.69. The van der Waals surface area contributed by atoms with E-state index in [1.807, 2.05) is 0 Å². The first-order valence-electron chi connectivity index (χ1n) is 6.29. The van der Waals surface area contributed by atoms with Crippen LogP contribution in [0.15, 0.2) is 6.20 Å². The van der Waals surface area contributed by atoms with E-state index in [9.17, 15) is 9.59 Å². The number of ether oxygens (including phenoxy) is 2. The molecule has 112 valence electrons. The van der Waals surface area contributed by atoms with Crippen LogP contribution in [-0.4, -0.2) is 48.5 Å². The summed E-state index contributed by atoms with van der Waals surface area (Å²) in [6.45, 7) is 4.41. The van der Waals surface area contributed by atoms with E-state index >= 15 is 0 Å². The third-order valence-corrected chi connectivity index (χ3v) is 2.61. The number of amides is 1. The molecule has 8 nitrogen and oxygen atoms in total. The maximum absolute atomic E-state index is 11.8.